The Balaban J connectivity index is 1.44. The number of carbonyl (C=O) groups excluding carboxylic acids is 1. The van der Waals surface area contributed by atoms with E-state index in [-0.39, 0.29) is 5.78 Å². The first-order valence-corrected chi connectivity index (χ1v) is 12.9. The lowest BCUT2D eigenvalue weighted by molar-refractivity contribution is 0.0993. The van der Waals surface area contributed by atoms with Crippen LogP contribution < -0.4 is 0 Å². The fourth-order valence-corrected chi connectivity index (χ4v) is 5.16. The molecule has 0 unspecified atom stereocenters. The molecule has 0 spiro atoms. The molecule has 1 nitrogen and oxygen atoms in total. The summed E-state index contributed by atoms with van der Waals surface area (Å²) in [5.74, 6) is 1.86. The Kier molecular flexibility index (Phi) is 9.85. The van der Waals surface area contributed by atoms with Crippen LogP contribution in [-0.2, 0) is 12.8 Å². The van der Waals surface area contributed by atoms with E-state index in [0.29, 0.717) is 12.3 Å². The van der Waals surface area contributed by atoms with Gasteiger partial charge in [0, 0.05) is 12.0 Å². The molecule has 0 saturated heterocycles. The zero-order valence-corrected chi connectivity index (χ0v) is 19.9. The first kappa shape index (κ1) is 23.8. The van der Waals surface area contributed by atoms with E-state index in [1.807, 2.05) is 0 Å². The van der Waals surface area contributed by atoms with Gasteiger partial charge in [0.1, 0.15) is 0 Å². The van der Waals surface area contributed by atoms with E-state index < -0.39 is 0 Å². The number of unbranched alkanes of at least 4 members (excludes halogenated alkanes) is 4. The van der Waals surface area contributed by atoms with Crippen molar-refractivity contribution in [2.45, 2.75) is 103 Å². The summed E-state index contributed by atoms with van der Waals surface area (Å²) >= 11 is 0. The average Bonchev–Trinajstić information content (AvgIpc) is 2.81. The lowest BCUT2D eigenvalue weighted by atomic mass is 9.77. The lowest BCUT2D eigenvalue weighted by Crippen LogP contribution is -2.13. The zero-order valence-electron chi connectivity index (χ0n) is 19.9. The minimum Gasteiger partial charge on any atom is -0.294 e. The van der Waals surface area contributed by atoms with Crippen LogP contribution in [0.1, 0.15) is 117 Å². The van der Waals surface area contributed by atoms with Crippen molar-refractivity contribution in [2.75, 3.05) is 0 Å². The molecule has 1 aliphatic carbocycles. The van der Waals surface area contributed by atoms with Crippen LogP contribution in [0.15, 0.2) is 48.5 Å². The number of Topliss-reactive ketones (excluding diaryl/α,β-unsaturated/α-hetero) is 1. The van der Waals surface area contributed by atoms with E-state index in [4.69, 9.17) is 0 Å². The standard InChI is InChI=1S/C30H42O/c1-3-5-6-7-8-10-25-15-17-27(18-16-25)28-19-21-29(22-20-28)30(31)23-26-13-11-24(9-4-2)12-14-26/h11-14,19-22,25,27H,3-10,15-18,23H2,1-2H3. The molecule has 0 radical (unpaired) electrons. The minimum atomic E-state index is 0.224. The van der Waals surface area contributed by atoms with Crippen LogP contribution in [0, 0.1) is 5.92 Å². The molecule has 0 atom stereocenters. The van der Waals surface area contributed by atoms with Gasteiger partial charge < -0.3 is 0 Å². The number of rotatable bonds is 12. The predicted molar refractivity (Wildman–Crippen MR) is 133 cm³/mol. The Bertz CT molecular complexity index is 763. The van der Waals surface area contributed by atoms with E-state index in [1.54, 1.807) is 0 Å². The van der Waals surface area contributed by atoms with Crippen molar-refractivity contribution in [3.8, 4) is 0 Å². The van der Waals surface area contributed by atoms with Crippen LogP contribution in [0.5, 0.6) is 0 Å². The number of carbonyl (C=O) groups is 1. The van der Waals surface area contributed by atoms with Gasteiger partial charge in [-0.15, -0.1) is 0 Å². The van der Waals surface area contributed by atoms with Crippen molar-refractivity contribution in [3.63, 3.8) is 0 Å². The van der Waals surface area contributed by atoms with Crippen molar-refractivity contribution >= 4 is 5.78 Å². The Morgan fingerprint density at radius 2 is 1.39 bits per heavy atom. The summed E-state index contributed by atoms with van der Waals surface area (Å²) in [6.07, 6.45) is 16.6. The van der Waals surface area contributed by atoms with Crippen LogP contribution >= 0.6 is 0 Å². The molecule has 1 heteroatoms. The molecule has 1 aliphatic rings. The van der Waals surface area contributed by atoms with Gasteiger partial charge in [-0.25, -0.2) is 0 Å². The third kappa shape index (κ3) is 7.63. The van der Waals surface area contributed by atoms with Crippen LogP contribution in [0.3, 0.4) is 0 Å². The molecule has 2 aromatic carbocycles. The molecule has 31 heavy (non-hydrogen) atoms. The summed E-state index contributed by atoms with van der Waals surface area (Å²) in [4.78, 5) is 12.7. The van der Waals surface area contributed by atoms with Gasteiger partial charge in [-0.2, -0.15) is 0 Å². The Labute approximate surface area is 190 Å². The van der Waals surface area contributed by atoms with Gasteiger partial charge >= 0.3 is 0 Å². The van der Waals surface area contributed by atoms with Crippen molar-refractivity contribution < 1.29 is 4.79 Å². The molecule has 0 N–H and O–H groups in total. The Hall–Kier alpha value is -1.89. The molecule has 0 aliphatic heterocycles. The van der Waals surface area contributed by atoms with Gasteiger partial charge in [0.2, 0.25) is 0 Å². The van der Waals surface area contributed by atoms with Gasteiger partial charge in [0.25, 0.3) is 0 Å². The molecule has 0 aromatic heterocycles. The molecule has 1 saturated carbocycles. The van der Waals surface area contributed by atoms with Crippen LogP contribution in [0.2, 0.25) is 0 Å². The fourth-order valence-electron chi connectivity index (χ4n) is 5.16. The lowest BCUT2D eigenvalue weighted by Gasteiger charge is -2.29. The SMILES string of the molecule is CCCCCCCC1CCC(c2ccc(C(=O)Cc3ccc(CCC)cc3)cc2)CC1. The Morgan fingerprint density at radius 3 is 2.03 bits per heavy atom. The number of ketones is 1. The summed E-state index contributed by atoms with van der Waals surface area (Å²) in [6, 6.07) is 17.1. The molecule has 0 bridgehead atoms. The predicted octanol–water partition coefficient (Wildman–Crippen LogP) is 8.70. The smallest absolute Gasteiger partial charge is 0.167 e. The largest absolute Gasteiger partial charge is 0.294 e. The molecule has 168 valence electrons. The van der Waals surface area contributed by atoms with Gasteiger partial charge in [-0.3, -0.25) is 4.79 Å². The van der Waals surface area contributed by atoms with E-state index in [9.17, 15) is 4.79 Å². The summed E-state index contributed by atoms with van der Waals surface area (Å²) in [5, 5.41) is 0. The highest BCUT2D eigenvalue weighted by Crippen LogP contribution is 2.37. The maximum atomic E-state index is 12.7. The van der Waals surface area contributed by atoms with Crippen molar-refractivity contribution in [3.05, 3.63) is 70.8 Å². The normalized spacial score (nSPS) is 18.8. The van der Waals surface area contributed by atoms with Crippen molar-refractivity contribution in [1.82, 2.24) is 0 Å². The molecule has 1 fully saturated rings. The number of benzene rings is 2. The van der Waals surface area contributed by atoms with Crippen molar-refractivity contribution in [1.29, 1.82) is 0 Å². The number of hydrogen-bond acceptors (Lipinski definition) is 1. The second kappa shape index (κ2) is 12.8. The van der Waals surface area contributed by atoms with Gasteiger partial charge in [-0.1, -0.05) is 107 Å². The van der Waals surface area contributed by atoms with E-state index >= 15 is 0 Å². The summed E-state index contributed by atoms with van der Waals surface area (Å²) in [7, 11) is 0. The minimum absolute atomic E-state index is 0.224. The zero-order chi connectivity index (χ0) is 21.9. The molecule has 2 aromatic rings. The van der Waals surface area contributed by atoms with E-state index in [1.165, 1.54) is 75.3 Å². The van der Waals surface area contributed by atoms with Gasteiger partial charge in [0.15, 0.2) is 5.78 Å². The topological polar surface area (TPSA) is 17.1 Å². The second-order valence-corrected chi connectivity index (χ2v) is 9.71. The van der Waals surface area contributed by atoms with Crippen LogP contribution in [-0.4, -0.2) is 5.78 Å². The monoisotopic (exact) mass is 418 g/mol. The quantitative estimate of drug-likeness (QED) is 0.249. The molecular formula is C30H42O. The molecular weight excluding hydrogens is 376 g/mol. The molecule has 0 amide bonds. The average molecular weight is 419 g/mol. The maximum Gasteiger partial charge on any atom is 0.167 e. The summed E-state index contributed by atoms with van der Waals surface area (Å²) in [5.41, 5.74) is 4.75. The molecule has 3 rings (SSSR count). The Morgan fingerprint density at radius 1 is 0.742 bits per heavy atom. The van der Waals surface area contributed by atoms with E-state index in [0.717, 1.165) is 29.9 Å². The highest BCUT2D eigenvalue weighted by atomic mass is 16.1. The summed E-state index contributed by atoms with van der Waals surface area (Å²) in [6.45, 7) is 4.48. The maximum absolute atomic E-state index is 12.7. The number of aryl methyl sites for hydroxylation is 1. The fraction of sp³-hybridized carbons (Fsp3) is 0.567. The van der Waals surface area contributed by atoms with Gasteiger partial charge in [0.05, 0.1) is 0 Å². The van der Waals surface area contributed by atoms with E-state index in [2.05, 4.69) is 62.4 Å². The first-order chi connectivity index (χ1) is 15.2. The van der Waals surface area contributed by atoms with Crippen LogP contribution in [0.25, 0.3) is 0 Å². The highest BCUT2D eigenvalue weighted by molar-refractivity contribution is 5.97. The van der Waals surface area contributed by atoms with Crippen LogP contribution in [0.4, 0.5) is 0 Å². The summed E-state index contributed by atoms with van der Waals surface area (Å²) < 4.78 is 0. The number of hydrogen-bond donors (Lipinski definition) is 0. The van der Waals surface area contributed by atoms with Gasteiger partial charge in [-0.05, 0) is 60.6 Å². The van der Waals surface area contributed by atoms with Crippen molar-refractivity contribution in [2.24, 2.45) is 5.92 Å². The highest BCUT2D eigenvalue weighted by Gasteiger charge is 2.22. The third-order valence-electron chi connectivity index (χ3n) is 7.19. The first-order valence-electron chi connectivity index (χ1n) is 12.9. The third-order valence-corrected chi connectivity index (χ3v) is 7.19. The second-order valence-electron chi connectivity index (χ2n) is 9.71. The molecule has 0 heterocycles.